The Morgan fingerprint density at radius 3 is 2.63 bits per heavy atom. The number of aliphatic imine (C=N–C) groups is 1. The first-order chi connectivity index (χ1) is 14.4. The largest absolute Gasteiger partial charge is 0.507 e. The Labute approximate surface area is 170 Å². The number of phenolic OH excluding ortho intramolecular Hbond substituents is 1. The predicted molar refractivity (Wildman–Crippen MR) is 106 cm³/mol. The van der Waals surface area contributed by atoms with Crippen LogP contribution in [0.4, 0.5) is 8.78 Å². The van der Waals surface area contributed by atoms with Crippen molar-refractivity contribution in [3.63, 3.8) is 0 Å². The molecular formula is C21H17F2N5O2. The minimum Gasteiger partial charge on any atom is -0.507 e. The number of guanidine groups is 1. The molecule has 0 saturated heterocycles. The number of alkyl halides is 1. The van der Waals surface area contributed by atoms with E-state index in [1.807, 2.05) is 0 Å². The number of aromatic hydroxyl groups is 1. The van der Waals surface area contributed by atoms with Crippen molar-refractivity contribution in [2.75, 3.05) is 7.05 Å². The minimum absolute atomic E-state index is 0.0466. The summed E-state index contributed by atoms with van der Waals surface area (Å²) in [4.78, 5) is 26.7. The fraction of sp³-hybridized carbons (Fsp3) is 0.143. The quantitative estimate of drug-likeness (QED) is 0.644. The fourth-order valence-electron chi connectivity index (χ4n) is 3.46. The van der Waals surface area contributed by atoms with E-state index in [1.54, 1.807) is 12.1 Å². The molecular weight excluding hydrogens is 392 g/mol. The van der Waals surface area contributed by atoms with Crippen LogP contribution in [0.15, 0.2) is 59.7 Å². The highest BCUT2D eigenvalue weighted by molar-refractivity contribution is 6.08. The monoisotopic (exact) mass is 409 g/mol. The second-order valence-electron chi connectivity index (χ2n) is 6.77. The van der Waals surface area contributed by atoms with E-state index in [2.05, 4.69) is 15.0 Å². The van der Waals surface area contributed by atoms with Crippen molar-refractivity contribution < 1.29 is 18.7 Å². The molecule has 1 unspecified atom stereocenters. The summed E-state index contributed by atoms with van der Waals surface area (Å²) in [6.45, 7) is -0.825. The molecule has 1 atom stereocenters. The van der Waals surface area contributed by atoms with Crippen molar-refractivity contribution in [2.45, 2.75) is 12.2 Å². The Bertz CT molecular complexity index is 1180. The first-order valence-corrected chi connectivity index (χ1v) is 8.98. The smallest absolute Gasteiger partial charge is 0.267 e. The van der Waals surface area contributed by atoms with Crippen molar-refractivity contribution in [3.8, 4) is 16.9 Å². The Balaban J connectivity index is 1.99. The second-order valence-corrected chi connectivity index (χ2v) is 6.77. The molecule has 0 radical (unpaired) electrons. The fourth-order valence-corrected chi connectivity index (χ4v) is 3.46. The number of pyridine rings is 2. The lowest BCUT2D eigenvalue weighted by Gasteiger charge is -2.26. The maximum absolute atomic E-state index is 14.3. The van der Waals surface area contributed by atoms with Gasteiger partial charge in [0, 0.05) is 24.4 Å². The van der Waals surface area contributed by atoms with Crippen LogP contribution in [0.5, 0.6) is 5.75 Å². The van der Waals surface area contributed by atoms with Gasteiger partial charge in [0.25, 0.3) is 5.91 Å². The van der Waals surface area contributed by atoms with Gasteiger partial charge < -0.3 is 10.8 Å². The molecule has 0 aliphatic carbocycles. The van der Waals surface area contributed by atoms with Crippen LogP contribution in [0.2, 0.25) is 0 Å². The zero-order valence-electron chi connectivity index (χ0n) is 15.9. The zero-order valence-corrected chi connectivity index (χ0v) is 15.9. The Kier molecular flexibility index (Phi) is 4.65. The number of nitrogens with two attached hydrogens (primary N) is 1. The molecule has 0 fully saturated rings. The topological polar surface area (TPSA) is 105 Å². The number of hydrogen-bond donors (Lipinski definition) is 2. The van der Waals surface area contributed by atoms with Gasteiger partial charge in [0.15, 0.2) is 5.96 Å². The zero-order chi connectivity index (χ0) is 21.5. The third-order valence-corrected chi connectivity index (χ3v) is 5.02. The first-order valence-electron chi connectivity index (χ1n) is 8.98. The van der Waals surface area contributed by atoms with E-state index in [4.69, 9.17) is 5.73 Å². The molecule has 1 aromatic carbocycles. The maximum Gasteiger partial charge on any atom is 0.267 e. The molecule has 3 aromatic rings. The van der Waals surface area contributed by atoms with Gasteiger partial charge in [-0.15, -0.1) is 0 Å². The number of rotatable bonds is 4. The number of nitrogens with zero attached hydrogens (tertiary/aromatic N) is 4. The van der Waals surface area contributed by atoms with Crippen LogP contribution in [0.3, 0.4) is 0 Å². The van der Waals surface area contributed by atoms with E-state index in [9.17, 15) is 18.7 Å². The van der Waals surface area contributed by atoms with Gasteiger partial charge in [0.1, 0.15) is 12.4 Å². The number of benzene rings is 1. The van der Waals surface area contributed by atoms with E-state index in [1.165, 1.54) is 54.5 Å². The van der Waals surface area contributed by atoms with E-state index in [0.29, 0.717) is 5.56 Å². The molecule has 1 aliphatic heterocycles. The van der Waals surface area contributed by atoms with Crippen LogP contribution < -0.4 is 5.73 Å². The molecule has 3 heterocycles. The highest BCUT2D eigenvalue weighted by atomic mass is 19.1. The molecule has 0 saturated carbocycles. The summed E-state index contributed by atoms with van der Waals surface area (Å²) in [7, 11) is 1.46. The van der Waals surface area contributed by atoms with E-state index < -0.39 is 24.1 Å². The normalized spacial score (nSPS) is 18.6. The predicted octanol–water partition coefficient (Wildman–Crippen LogP) is 2.49. The summed E-state index contributed by atoms with van der Waals surface area (Å²) in [6, 6.07) is 11.8. The number of phenols is 1. The molecule has 4 rings (SSSR count). The standard InChI is InChI=1S/C21H17F2N5O2/c1-28-19(30)21(27-20(28)24,17-6-2-4-13(11-22)26-17)12-7-8-16(29)15(10-12)14-5-3-9-25-18(14)23/h2-10,29H,11H2,1H3,(H2,24,27). The second kappa shape index (κ2) is 7.18. The van der Waals surface area contributed by atoms with Gasteiger partial charge in [-0.05, 0) is 42.0 Å². The van der Waals surface area contributed by atoms with Crippen LogP contribution in [0.25, 0.3) is 11.1 Å². The molecule has 7 nitrogen and oxygen atoms in total. The van der Waals surface area contributed by atoms with Crippen molar-refractivity contribution in [1.29, 1.82) is 0 Å². The number of aromatic nitrogens is 2. The molecule has 9 heteroatoms. The van der Waals surface area contributed by atoms with Gasteiger partial charge in [-0.1, -0.05) is 12.1 Å². The summed E-state index contributed by atoms with van der Waals surface area (Å²) in [6.07, 6.45) is 1.29. The minimum atomic E-state index is -1.70. The number of amides is 1. The van der Waals surface area contributed by atoms with Crippen LogP contribution >= 0.6 is 0 Å². The van der Waals surface area contributed by atoms with Crippen LogP contribution in [-0.4, -0.2) is 38.9 Å². The van der Waals surface area contributed by atoms with Gasteiger partial charge in [-0.25, -0.2) is 14.4 Å². The highest BCUT2D eigenvalue weighted by Gasteiger charge is 2.51. The Morgan fingerprint density at radius 2 is 1.97 bits per heavy atom. The molecule has 152 valence electrons. The first kappa shape index (κ1) is 19.4. The van der Waals surface area contributed by atoms with Crippen molar-refractivity contribution in [1.82, 2.24) is 14.9 Å². The molecule has 3 N–H and O–H groups in total. The average Bonchev–Trinajstić information content (AvgIpc) is 2.99. The van der Waals surface area contributed by atoms with E-state index in [-0.39, 0.29) is 34.2 Å². The number of halogens is 2. The molecule has 30 heavy (non-hydrogen) atoms. The van der Waals surface area contributed by atoms with Gasteiger partial charge >= 0.3 is 0 Å². The lowest BCUT2D eigenvalue weighted by molar-refractivity contribution is -0.129. The molecule has 0 spiro atoms. The summed E-state index contributed by atoms with van der Waals surface area (Å²) in [5.41, 5.74) is 4.97. The Morgan fingerprint density at radius 1 is 1.17 bits per heavy atom. The molecule has 0 bridgehead atoms. The third-order valence-electron chi connectivity index (χ3n) is 5.02. The molecule has 1 amide bonds. The third kappa shape index (κ3) is 2.86. The highest BCUT2D eigenvalue weighted by Crippen LogP contribution is 2.42. The summed E-state index contributed by atoms with van der Waals surface area (Å²) in [5.74, 6) is -1.54. The van der Waals surface area contributed by atoms with Gasteiger partial charge in [-0.2, -0.15) is 4.39 Å². The maximum atomic E-state index is 14.3. The number of likely N-dealkylation sites (N-methyl/N-ethyl adjacent to an activating group) is 1. The van der Waals surface area contributed by atoms with Gasteiger partial charge in [-0.3, -0.25) is 14.7 Å². The summed E-state index contributed by atoms with van der Waals surface area (Å²) >= 11 is 0. The number of carbonyl (C=O) groups excluding carboxylic acids is 1. The van der Waals surface area contributed by atoms with Gasteiger partial charge in [0.05, 0.1) is 11.4 Å². The average molecular weight is 409 g/mol. The van der Waals surface area contributed by atoms with Gasteiger partial charge in [0.2, 0.25) is 11.5 Å². The number of carbonyl (C=O) groups is 1. The lowest BCUT2D eigenvalue weighted by Crippen LogP contribution is -2.41. The van der Waals surface area contributed by atoms with E-state index in [0.717, 1.165) is 0 Å². The van der Waals surface area contributed by atoms with Crippen molar-refractivity contribution in [2.24, 2.45) is 10.7 Å². The van der Waals surface area contributed by atoms with Crippen molar-refractivity contribution >= 4 is 11.9 Å². The van der Waals surface area contributed by atoms with Crippen LogP contribution in [-0.2, 0) is 17.0 Å². The van der Waals surface area contributed by atoms with Crippen LogP contribution in [0.1, 0.15) is 17.0 Å². The summed E-state index contributed by atoms with van der Waals surface area (Å²) < 4.78 is 27.5. The Hall–Kier alpha value is -3.88. The van der Waals surface area contributed by atoms with Crippen LogP contribution in [0, 0.1) is 5.95 Å². The SMILES string of the molecule is CN1C(=O)C(c2ccc(O)c(-c3cccnc3F)c2)(c2cccc(CF)n2)N=C1N. The molecule has 2 aromatic heterocycles. The number of hydrogen-bond acceptors (Lipinski definition) is 6. The lowest BCUT2D eigenvalue weighted by atomic mass is 9.84. The summed E-state index contributed by atoms with van der Waals surface area (Å²) in [5, 5.41) is 10.3. The van der Waals surface area contributed by atoms with Crippen molar-refractivity contribution in [3.05, 3.63) is 77.6 Å². The molecule has 1 aliphatic rings. The van der Waals surface area contributed by atoms with E-state index >= 15 is 0 Å².